The average molecular weight is 316 g/mol. The standard InChI is InChI=1S/C18H28N4O/c1-3-20-10-12-21(13-11-20)17-6-4-16(5-7-17)18(23)22-9-8-19-14-15(22)2/h4-7,15,19H,3,8-14H2,1-2H3. The van der Waals surface area contributed by atoms with Gasteiger partial charge in [0, 0.05) is 63.1 Å². The SMILES string of the molecule is CCN1CCN(c2ccc(C(=O)N3CCNCC3C)cc2)CC1. The number of likely N-dealkylation sites (N-methyl/N-ethyl adjacent to an activating group) is 1. The van der Waals surface area contributed by atoms with E-state index in [9.17, 15) is 4.79 Å². The molecular weight excluding hydrogens is 288 g/mol. The van der Waals surface area contributed by atoms with Gasteiger partial charge in [0.05, 0.1) is 0 Å². The number of carbonyl (C=O) groups is 1. The zero-order valence-electron chi connectivity index (χ0n) is 14.3. The smallest absolute Gasteiger partial charge is 0.254 e. The van der Waals surface area contributed by atoms with E-state index in [0.29, 0.717) is 0 Å². The monoisotopic (exact) mass is 316 g/mol. The van der Waals surface area contributed by atoms with Crippen molar-refractivity contribution >= 4 is 11.6 Å². The van der Waals surface area contributed by atoms with Gasteiger partial charge in [0.2, 0.25) is 0 Å². The Hall–Kier alpha value is -1.59. The second-order valence-electron chi connectivity index (χ2n) is 6.52. The van der Waals surface area contributed by atoms with Crippen molar-refractivity contribution in [1.29, 1.82) is 0 Å². The van der Waals surface area contributed by atoms with Crippen LogP contribution in [-0.4, -0.2) is 74.1 Å². The van der Waals surface area contributed by atoms with Gasteiger partial charge in [-0.05, 0) is 37.7 Å². The van der Waals surface area contributed by atoms with Crippen LogP contribution >= 0.6 is 0 Å². The molecule has 0 saturated carbocycles. The van der Waals surface area contributed by atoms with Gasteiger partial charge in [-0.1, -0.05) is 6.92 Å². The molecular formula is C18H28N4O. The molecule has 0 radical (unpaired) electrons. The predicted molar refractivity (Wildman–Crippen MR) is 94.1 cm³/mol. The van der Waals surface area contributed by atoms with Crippen LogP contribution in [0, 0.1) is 0 Å². The zero-order valence-corrected chi connectivity index (χ0v) is 14.3. The lowest BCUT2D eigenvalue weighted by Gasteiger charge is -2.36. The molecule has 5 nitrogen and oxygen atoms in total. The maximum absolute atomic E-state index is 12.7. The fourth-order valence-electron chi connectivity index (χ4n) is 3.45. The number of hydrogen-bond acceptors (Lipinski definition) is 4. The molecule has 2 aliphatic rings. The minimum atomic E-state index is 0.154. The van der Waals surface area contributed by atoms with Crippen molar-refractivity contribution in [2.24, 2.45) is 0 Å². The lowest BCUT2D eigenvalue weighted by atomic mass is 10.1. The first-order valence-corrected chi connectivity index (χ1v) is 8.78. The van der Waals surface area contributed by atoms with Crippen molar-refractivity contribution < 1.29 is 4.79 Å². The summed E-state index contributed by atoms with van der Waals surface area (Å²) in [7, 11) is 0. The van der Waals surface area contributed by atoms with Gasteiger partial charge in [0.15, 0.2) is 0 Å². The number of rotatable bonds is 3. The topological polar surface area (TPSA) is 38.8 Å². The highest BCUT2D eigenvalue weighted by molar-refractivity contribution is 5.94. The summed E-state index contributed by atoms with van der Waals surface area (Å²) in [5.74, 6) is 0.154. The van der Waals surface area contributed by atoms with Gasteiger partial charge >= 0.3 is 0 Å². The summed E-state index contributed by atoms with van der Waals surface area (Å²) in [4.78, 5) is 19.5. The van der Waals surface area contributed by atoms with E-state index >= 15 is 0 Å². The Bertz CT molecular complexity index is 522. The highest BCUT2D eigenvalue weighted by Crippen LogP contribution is 2.19. The number of anilines is 1. The van der Waals surface area contributed by atoms with Crippen LogP contribution in [0.1, 0.15) is 24.2 Å². The van der Waals surface area contributed by atoms with Crippen molar-refractivity contribution in [3.8, 4) is 0 Å². The van der Waals surface area contributed by atoms with E-state index in [-0.39, 0.29) is 11.9 Å². The molecule has 1 unspecified atom stereocenters. The minimum absolute atomic E-state index is 0.154. The number of benzene rings is 1. The van der Waals surface area contributed by atoms with Gasteiger partial charge in [0.1, 0.15) is 0 Å². The van der Waals surface area contributed by atoms with E-state index in [4.69, 9.17) is 0 Å². The Balaban J connectivity index is 1.64. The lowest BCUT2D eigenvalue weighted by Crippen LogP contribution is -2.52. The molecule has 0 spiro atoms. The molecule has 2 aliphatic heterocycles. The van der Waals surface area contributed by atoms with Crippen molar-refractivity contribution in [3.05, 3.63) is 29.8 Å². The van der Waals surface area contributed by atoms with Crippen LogP contribution in [0.25, 0.3) is 0 Å². The maximum atomic E-state index is 12.7. The molecule has 2 saturated heterocycles. The first-order valence-electron chi connectivity index (χ1n) is 8.78. The fraction of sp³-hybridized carbons (Fsp3) is 0.611. The summed E-state index contributed by atoms with van der Waals surface area (Å²) in [5, 5.41) is 3.33. The molecule has 5 heteroatoms. The van der Waals surface area contributed by atoms with Crippen LogP contribution in [0.5, 0.6) is 0 Å². The predicted octanol–water partition coefficient (Wildman–Crippen LogP) is 1.26. The van der Waals surface area contributed by atoms with Gasteiger partial charge in [-0.15, -0.1) is 0 Å². The Morgan fingerprint density at radius 1 is 1.13 bits per heavy atom. The molecule has 1 aromatic rings. The minimum Gasteiger partial charge on any atom is -0.369 e. The van der Waals surface area contributed by atoms with Crippen molar-refractivity contribution in [2.75, 3.05) is 57.3 Å². The molecule has 126 valence electrons. The van der Waals surface area contributed by atoms with Gasteiger partial charge in [0.25, 0.3) is 5.91 Å². The molecule has 1 N–H and O–H groups in total. The third kappa shape index (κ3) is 3.67. The van der Waals surface area contributed by atoms with Gasteiger partial charge < -0.3 is 20.0 Å². The van der Waals surface area contributed by atoms with Crippen LogP contribution in [0.2, 0.25) is 0 Å². The third-order valence-corrected chi connectivity index (χ3v) is 5.06. The second kappa shape index (κ2) is 7.32. The molecule has 3 rings (SSSR count). The number of nitrogens with zero attached hydrogens (tertiary/aromatic N) is 3. The summed E-state index contributed by atoms with van der Waals surface area (Å²) >= 11 is 0. The third-order valence-electron chi connectivity index (χ3n) is 5.06. The zero-order chi connectivity index (χ0) is 16.2. The largest absolute Gasteiger partial charge is 0.369 e. The molecule has 0 aliphatic carbocycles. The summed E-state index contributed by atoms with van der Waals surface area (Å²) in [6.45, 7) is 12.4. The lowest BCUT2D eigenvalue weighted by molar-refractivity contribution is 0.0656. The van der Waals surface area contributed by atoms with E-state index in [2.05, 4.69) is 41.1 Å². The molecule has 23 heavy (non-hydrogen) atoms. The van der Waals surface area contributed by atoms with E-state index < -0.39 is 0 Å². The van der Waals surface area contributed by atoms with Crippen LogP contribution < -0.4 is 10.2 Å². The van der Waals surface area contributed by atoms with Crippen LogP contribution in [0.4, 0.5) is 5.69 Å². The molecule has 2 fully saturated rings. The van der Waals surface area contributed by atoms with Crippen molar-refractivity contribution in [2.45, 2.75) is 19.9 Å². The highest BCUT2D eigenvalue weighted by atomic mass is 16.2. The summed E-state index contributed by atoms with van der Waals surface area (Å²) < 4.78 is 0. The number of nitrogens with one attached hydrogen (secondary N) is 1. The molecule has 1 aromatic carbocycles. The Kier molecular flexibility index (Phi) is 5.18. The van der Waals surface area contributed by atoms with Crippen LogP contribution in [0.15, 0.2) is 24.3 Å². The second-order valence-corrected chi connectivity index (χ2v) is 6.52. The first-order chi connectivity index (χ1) is 11.2. The van der Waals surface area contributed by atoms with Gasteiger partial charge in [-0.3, -0.25) is 4.79 Å². The fourth-order valence-corrected chi connectivity index (χ4v) is 3.45. The van der Waals surface area contributed by atoms with Crippen LogP contribution in [0.3, 0.4) is 0 Å². The first kappa shape index (κ1) is 16.3. The van der Waals surface area contributed by atoms with Gasteiger partial charge in [-0.25, -0.2) is 0 Å². The highest BCUT2D eigenvalue weighted by Gasteiger charge is 2.24. The molecule has 1 amide bonds. The van der Waals surface area contributed by atoms with E-state index in [1.807, 2.05) is 17.0 Å². The average Bonchev–Trinajstić information content (AvgIpc) is 2.62. The number of amides is 1. The van der Waals surface area contributed by atoms with E-state index in [1.54, 1.807) is 0 Å². The van der Waals surface area contributed by atoms with Crippen LogP contribution in [-0.2, 0) is 0 Å². The van der Waals surface area contributed by atoms with Crippen molar-refractivity contribution in [3.63, 3.8) is 0 Å². The van der Waals surface area contributed by atoms with E-state index in [0.717, 1.165) is 57.9 Å². The van der Waals surface area contributed by atoms with E-state index in [1.165, 1.54) is 5.69 Å². The molecule has 0 bridgehead atoms. The Morgan fingerprint density at radius 2 is 1.83 bits per heavy atom. The summed E-state index contributed by atoms with van der Waals surface area (Å²) in [6.07, 6.45) is 0. The molecule has 0 aromatic heterocycles. The van der Waals surface area contributed by atoms with Gasteiger partial charge in [-0.2, -0.15) is 0 Å². The summed E-state index contributed by atoms with van der Waals surface area (Å²) in [5.41, 5.74) is 2.03. The number of carbonyl (C=O) groups excluding carboxylic acids is 1. The Labute approximate surface area is 139 Å². The quantitative estimate of drug-likeness (QED) is 0.911. The number of piperazine rings is 2. The van der Waals surface area contributed by atoms with Crippen molar-refractivity contribution in [1.82, 2.24) is 15.1 Å². The summed E-state index contributed by atoms with van der Waals surface area (Å²) in [6, 6.07) is 8.43. The molecule has 2 heterocycles. The maximum Gasteiger partial charge on any atom is 0.254 e. The number of hydrogen-bond donors (Lipinski definition) is 1. The molecule has 1 atom stereocenters. The Morgan fingerprint density at radius 3 is 2.43 bits per heavy atom. The normalized spacial score (nSPS) is 23.1.